The second-order valence-electron chi connectivity index (χ2n) is 4.56. The second kappa shape index (κ2) is 7.09. The quantitative estimate of drug-likeness (QED) is 0.784. The summed E-state index contributed by atoms with van der Waals surface area (Å²) in [6.07, 6.45) is -0.983. The molecule has 6 heteroatoms. The molecule has 3 N–H and O–H groups in total. The zero-order valence-corrected chi connectivity index (χ0v) is 12.5. The van der Waals surface area contributed by atoms with Gasteiger partial charge in [0.1, 0.15) is 11.6 Å². The summed E-state index contributed by atoms with van der Waals surface area (Å²) in [6.45, 7) is 0.377. The van der Waals surface area contributed by atoms with E-state index in [1.54, 1.807) is 18.2 Å². The van der Waals surface area contributed by atoms with Crippen LogP contribution in [-0.2, 0) is 6.54 Å². The van der Waals surface area contributed by atoms with E-state index in [2.05, 4.69) is 5.32 Å². The Morgan fingerprint density at radius 3 is 2.62 bits per heavy atom. The summed E-state index contributed by atoms with van der Waals surface area (Å²) in [5.74, 6) is -0.519. The highest BCUT2D eigenvalue weighted by Gasteiger charge is 2.13. The molecule has 0 spiro atoms. The van der Waals surface area contributed by atoms with Crippen molar-refractivity contribution in [2.24, 2.45) is 0 Å². The van der Waals surface area contributed by atoms with Crippen molar-refractivity contribution in [3.05, 3.63) is 63.4 Å². The van der Waals surface area contributed by atoms with E-state index >= 15 is 0 Å². The topological polar surface area (TPSA) is 52.5 Å². The number of phenols is 1. The van der Waals surface area contributed by atoms with E-state index in [9.17, 15) is 14.6 Å². The van der Waals surface area contributed by atoms with Crippen molar-refractivity contribution in [1.29, 1.82) is 0 Å². The average Bonchev–Trinajstić information content (AvgIpc) is 2.44. The van der Waals surface area contributed by atoms with Gasteiger partial charge in [-0.15, -0.1) is 0 Å². The third kappa shape index (κ3) is 4.08. The Labute approximate surface area is 131 Å². The lowest BCUT2D eigenvalue weighted by Crippen LogP contribution is -2.21. The number of nitrogens with one attached hydrogen (secondary N) is 1. The molecule has 0 fully saturated rings. The standard InChI is InChI=1S/C15H14Cl2FNO2/c16-10-5-9(15(21)12(17)6-10)7-19-8-14(20)11-3-1-2-4-13(11)18/h1-6,14,19-21H,7-8H2. The monoisotopic (exact) mass is 329 g/mol. The van der Waals surface area contributed by atoms with Crippen LogP contribution < -0.4 is 5.32 Å². The predicted molar refractivity (Wildman–Crippen MR) is 81.2 cm³/mol. The van der Waals surface area contributed by atoms with Crippen molar-refractivity contribution in [2.45, 2.75) is 12.6 Å². The van der Waals surface area contributed by atoms with Gasteiger partial charge in [-0.2, -0.15) is 0 Å². The molecule has 0 aliphatic carbocycles. The molecule has 0 amide bonds. The Morgan fingerprint density at radius 1 is 1.19 bits per heavy atom. The highest BCUT2D eigenvalue weighted by Crippen LogP contribution is 2.31. The lowest BCUT2D eigenvalue weighted by molar-refractivity contribution is 0.169. The van der Waals surface area contributed by atoms with Gasteiger partial charge >= 0.3 is 0 Å². The van der Waals surface area contributed by atoms with E-state index in [4.69, 9.17) is 23.2 Å². The van der Waals surface area contributed by atoms with Crippen molar-refractivity contribution >= 4 is 23.2 Å². The van der Waals surface area contributed by atoms with E-state index in [1.807, 2.05) is 0 Å². The Kier molecular flexibility index (Phi) is 5.42. The Hall–Kier alpha value is -1.33. The van der Waals surface area contributed by atoms with Crippen LogP contribution in [0, 0.1) is 5.82 Å². The van der Waals surface area contributed by atoms with E-state index in [-0.39, 0.29) is 29.4 Å². The summed E-state index contributed by atoms with van der Waals surface area (Å²) in [5, 5.41) is 23.2. The van der Waals surface area contributed by atoms with Crippen LogP contribution in [0.3, 0.4) is 0 Å². The molecular weight excluding hydrogens is 316 g/mol. The van der Waals surface area contributed by atoms with Gasteiger partial charge in [0.25, 0.3) is 0 Å². The maximum Gasteiger partial charge on any atom is 0.138 e. The molecule has 3 nitrogen and oxygen atoms in total. The molecule has 21 heavy (non-hydrogen) atoms. The van der Waals surface area contributed by atoms with Gasteiger partial charge in [-0.1, -0.05) is 41.4 Å². The normalized spacial score (nSPS) is 12.4. The van der Waals surface area contributed by atoms with Gasteiger partial charge < -0.3 is 15.5 Å². The minimum absolute atomic E-state index is 0.0612. The fourth-order valence-corrected chi connectivity index (χ4v) is 2.49. The Balaban J connectivity index is 1.97. The van der Waals surface area contributed by atoms with Crippen molar-refractivity contribution < 1.29 is 14.6 Å². The van der Waals surface area contributed by atoms with Gasteiger partial charge in [0, 0.05) is 29.2 Å². The molecule has 1 atom stereocenters. The van der Waals surface area contributed by atoms with Crippen LogP contribution in [0.25, 0.3) is 0 Å². The third-order valence-corrected chi connectivity index (χ3v) is 3.53. The molecule has 0 aliphatic rings. The zero-order valence-electron chi connectivity index (χ0n) is 11.0. The summed E-state index contributed by atoms with van der Waals surface area (Å²) in [7, 11) is 0. The van der Waals surface area contributed by atoms with Crippen LogP contribution in [0.5, 0.6) is 5.75 Å². The number of aliphatic hydroxyl groups excluding tert-OH is 1. The highest BCUT2D eigenvalue weighted by atomic mass is 35.5. The molecule has 1 unspecified atom stereocenters. The SMILES string of the molecule is Oc1c(Cl)cc(Cl)cc1CNCC(O)c1ccccc1F. The summed E-state index contributed by atoms with van der Waals surface area (Å²) in [4.78, 5) is 0. The maximum absolute atomic E-state index is 13.5. The van der Waals surface area contributed by atoms with Crippen LogP contribution in [0.4, 0.5) is 4.39 Å². The minimum atomic E-state index is -0.983. The number of halogens is 3. The van der Waals surface area contributed by atoms with Crippen molar-refractivity contribution in [2.75, 3.05) is 6.54 Å². The summed E-state index contributed by atoms with van der Waals surface area (Å²) in [6, 6.07) is 9.05. The summed E-state index contributed by atoms with van der Waals surface area (Å²) < 4.78 is 13.5. The van der Waals surface area contributed by atoms with E-state index in [0.29, 0.717) is 10.6 Å². The number of rotatable bonds is 5. The first kappa shape index (κ1) is 16.0. The maximum atomic E-state index is 13.5. The molecule has 2 aromatic rings. The summed E-state index contributed by atoms with van der Waals surface area (Å²) >= 11 is 11.7. The number of hydrogen-bond donors (Lipinski definition) is 3. The van der Waals surface area contributed by atoms with Crippen molar-refractivity contribution in [3.8, 4) is 5.75 Å². The number of aromatic hydroxyl groups is 1. The van der Waals surface area contributed by atoms with Crippen molar-refractivity contribution in [1.82, 2.24) is 5.32 Å². The number of aliphatic hydroxyl groups is 1. The summed E-state index contributed by atoms with van der Waals surface area (Å²) in [5.41, 5.74) is 0.728. The number of hydrogen-bond acceptors (Lipinski definition) is 3. The lowest BCUT2D eigenvalue weighted by atomic mass is 10.1. The number of benzene rings is 2. The first-order valence-electron chi connectivity index (χ1n) is 6.29. The van der Waals surface area contributed by atoms with Crippen LogP contribution in [0.1, 0.15) is 17.2 Å². The largest absolute Gasteiger partial charge is 0.506 e. The van der Waals surface area contributed by atoms with Gasteiger partial charge in [0.05, 0.1) is 11.1 Å². The number of phenolic OH excluding ortho intramolecular Hbond substituents is 1. The fourth-order valence-electron chi connectivity index (χ4n) is 1.95. The molecule has 0 saturated heterocycles. The van der Waals surface area contributed by atoms with E-state index in [0.717, 1.165) is 0 Å². The Bertz CT molecular complexity index is 637. The molecule has 0 heterocycles. The predicted octanol–water partition coefficient (Wildman–Crippen LogP) is 3.66. The van der Waals surface area contributed by atoms with Crippen molar-refractivity contribution in [3.63, 3.8) is 0 Å². The molecule has 0 radical (unpaired) electrons. The molecule has 0 aliphatic heterocycles. The molecule has 112 valence electrons. The van der Waals surface area contributed by atoms with E-state index < -0.39 is 11.9 Å². The fraction of sp³-hybridized carbons (Fsp3) is 0.200. The van der Waals surface area contributed by atoms with Gasteiger partial charge in [-0.3, -0.25) is 0 Å². The highest BCUT2D eigenvalue weighted by molar-refractivity contribution is 6.35. The van der Waals surface area contributed by atoms with Gasteiger partial charge in [-0.05, 0) is 18.2 Å². The second-order valence-corrected chi connectivity index (χ2v) is 5.41. The third-order valence-electron chi connectivity index (χ3n) is 3.02. The van der Waals surface area contributed by atoms with Gasteiger partial charge in [0.15, 0.2) is 0 Å². The molecule has 0 aromatic heterocycles. The molecule has 0 saturated carbocycles. The van der Waals surface area contributed by atoms with Crippen LogP contribution in [0.2, 0.25) is 10.0 Å². The lowest BCUT2D eigenvalue weighted by Gasteiger charge is -2.14. The first-order chi connectivity index (χ1) is 9.99. The molecular formula is C15H14Cl2FNO2. The molecule has 2 aromatic carbocycles. The minimum Gasteiger partial charge on any atom is -0.506 e. The average molecular weight is 330 g/mol. The van der Waals surface area contributed by atoms with Crippen LogP contribution in [0.15, 0.2) is 36.4 Å². The smallest absolute Gasteiger partial charge is 0.138 e. The molecule has 0 bridgehead atoms. The van der Waals surface area contributed by atoms with Gasteiger partial charge in [0.2, 0.25) is 0 Å². The zero-order chi connectivity index (χ0) is 15.4. The van der Waals surface area contributed by atoms with Gasteiger partial charge in [-0.25, -0.2) is 4.39 Å². The first-order valence-corrected chi connectivity index (χ1v) is 7.04. The van der Waals surface area contributed by atoms with Crippen LogP contribution in [-0.4, -0.2) is 16.8 Å². The Morgan fingerprint density at radius 2 is 1.90 bits per heavy atom. The van der Waals surface area contributed by atoms with Crippen LogP contribution >= 0.6 is 23.2 Å². The molecule has 2 rings (SSSR count). The van der Waals surface area contributed by atoms with E-state index in [1.165, 1.54) is 18.2 Å².